The molecule has 0 radical (unpaired) electrons. The first-order valence-electron chi connectivity index (χ1n) is 6.03. The van der Waals surface area contributed by atoms with Crippen LogP contribution in [-0.4, -0.2) is 11.7 Å². The molecule has 2 rings (SSSR count). The van der Waals surface area contributed by atoms with Crippen LogP contribution in [0.3, 0.4) is 0 Å². The van der Waals surface area contributed by atoms with Crippen molar-refractivity contribution in [3.05, 3.63) is 71.8 Å². The van der Waals surface area contributed by atoms with E-state index >= 15 is 0 Å². The van der Waals surface area contributed by atoms with Gasteiger partial charge in [-0.2, -0.15) is 0 Å². The summed E-state index contributed by atoms with van der Waals surface area (Å²) in [5.41, 5.74) is 1.78. The lowest BCUT2D eigenvalue weighted by Crippen LogP contribution is -2.13. The number of benzene rings is 2. The predicted octanol–water partition coefficient (Wildman–Crippen LogP) is 4.28. The largest absolute Gasteiger partial charge is 0.293 e. The Kier molecular flexibility index (Phi) is 4.54. The number of carbonyl (C=O) groups is 1. The average Bonchev–Trinajstić information content (AvgIpc) is 2.46. The fraction of sp³-hybridized carbons (Fsp3) is 0.188. The fourth-order valence-corrected chi connectivity index (χ4v) is 2.27. The van der Waals surface area contributed by atoms with Crippen molar-refractivity contribution in [2.45, 2.75) is 12.3 Å². The maximum absolute atomic E-state index is 12.5. The third-order valence-electron chi connectivity index (χ3n) is 2.97. The molecule has 18 heavy (non-hydrogen) atoms. The molecular formula is C16H15ClO. The summed E-state index contributed by atoms with van der Waals surface area (Å²) in [4.78, 5) is 12.5. The van der Waals surface area contributed by atoms with Crippen LogP contribution in [0, 0.1) is 0 Å². The lowest BCUT2D eigenvalue weighted by molar-refractivity contribution is 0.0957. The summed E-state index contributed by atoms with van der Waals surface area (Å²) < 4.78 is 0. The molecule has 0 aromatic heterocycles. The highest BCUT2D eigenvalue weighted by atomic mass is 35.5. The molecule has 0 spiro atoms. The quantitative estimate of drug-likeness (QED) is 0.578. The zero-order valence-electron chi connectivity index (χ0n) is 10.1. The maximum atomic E-state index is 12.5. The van der Waals surface area contributed by atoms with Gasteiger partial charge in [0, 0.05) is 17.4 Å². The first kappa shape index (κ1) is 12.8. The molecule has 2 aromatic rings. The van der Waals surface area contributed by atoms with Crippen molar-refractivity contribution in [3.8, 4) is 0 Å². The van der Waals surface area contributed by atoms with Crippen LogP contribution >= 0.6 is 11.6 Å². The summed E-state index contributed by atoms with van der Waals surface area (Å²) in [6.45, 7) is 0. The predicted molar refractivity (Wildman–Crippen MR) is 75.3 cm³/mol. The third kappa shape index (κ3) is 2.99. The van der Waals surface area contributed by atoms with E-state index in [9.17, 15) is 4.79 Å². The Labute approximate surface area is 112 Å². The SMILES string of the molecule is O=C(c1ccccc1)[C@@H](CCCl)c1ccccc1. The molecule has 92 valence electrons. The topological polar surface area (TPSA) is 17.1 Å². The van der Waals surface area contributed by atoms with Gasteiger partial charge in [-0.3, -0.25) is 4.79 Å². The minimum atomic E-state index is -0.147. The molecule has 0 aliphatic rings. The molecule has 2 aromatic carbocycles. The van der Waals surface area contributed by atoms with Crippen molar-refractivity contribution in [1.29, 1.82) is 0 Å². The van der Waals surface area contributed by atoms with E-state index in [-0.39, 0.29) is 11.7 Å². The summed E-state index contributed by atoms with van der Waals surface area (Å²) in [6, 6.07) is 19.2. The van der Waals surface area contributed by atoms with Crippen LogP contribution < -0.4 is 0 Å². The van der Waals surface area contributed by atoms with E-state index in [4.69, 9.17) is 11.6 Å². The van der Waals surface area contributed by atoms with E-state index in [1.165, 1.54) is 0 Å². The van der Waals surface area contributed by atoms with Gasteiger partial charge in [-0.1, -0.05) is 60.7 Å². The van der Waals surface area contributed by atoms with Crippen molar-refractivity contribution < 1.29 is 4.79 Å². The molecule has 0 fully saturated rings. The molecule has 0 saturated heterocycles. The highest BCUT2D eigenvalue weighted by molar-refractivity contribution is 6.18. The third-order valence-corrected chi connectivity index (χ3v) is 3.19. The Balaban J connectivity index is 2.29. The minimum Gasteiger partial charge on any atom is -0.293 e. The van der Waals surface area contributed by atoms with Crippen LogP contribution in [0.15, 0.2) is 60.7 Å². The average molecular weight is 259 g/mol. The molecule has 0 saturated carbocycles. The van der Waals surface area contributed by atoms with E-state index in [0.29, 0.717) is 12.3 Å². The van der Waals surface area contributed by atoms with Crippen molar-refractivity contribution in [2.24, 2.45) is 0 Å². The molecule has 0 N–H and O–H groups in total. The van der Waals surface area contributed by atoms with E-state index in [0.717, 1.165) is 11.1 Å². The monoisotopic (exact) mass is 258 g/mol. The summed E-state index contributed by atoms with van der Waals surface area (Å²) in [5.74, 6) is 0.478. The number of halogens is 1. The molecule has 2 heteroatoms. The number of alkyl halides is 1. The second kappa shape index (κ2) is 6.36. The van der Waals surface area contributed by atoms with E-state index in [2.05, 4.69) is 0 Å². The molecule has 0 bridgehead atoms. The highest BCUT2D eigenvalue weighted by Gasteiger charge is 2.20. The summed E-state index contributed by atoms with van der Waals surface area (Å²) in [6.07, 6.45) is 0.666. The highest BCUT2D eigenvalue weighted by Crippen LogP contribution is 2.24. The van der Waals surface area contributed by atoms with Crippen LogP contribution in [0.25, 0.3) is 0 Å². The van der Waals surface area contributed by atoms with Gasteiger partial charge in [0.25, 0.3) is 0 Å². The zero-order valence-corrected chi connectivity index (χ0v) is 10.8. The molecule has 0 aliphatic carbocycles. The number of hydrogen-bond acceptors (Lipinski definition) is 1. The number of ketones is 1. The van der Waals surface area contributed by atoms with Gasteiger partial charge in [0.1, 0.15) is 0 Å². The van der Waals surface area contributed by atoms with E-state index in [1.54, 1.807) is 0 Å². The standard InChI is InChI=1S/C16H15ClO/c17-12-11-15(13-7-3-1-4-8-13)16(18)14-9-5-2-6-10-14/h1-10,15H,11-12H2/t15-/m0/s1. The molecule has 0 unspecified atom stereocenters. The van der Waals surface area contributed by atoms with Gasteiger partial charge in [-0.05, 0) is 12.0 Å². The Morgan fingerprint density at radius 3 is 2.06 bits per heavy atom. The van der Waals surface area contributed by atoms with Gasteiger partial charge in [0.2, 0.25) is 0 Å². The first-order valence-corrected chi connectivity index (χ1v) is 6.56. The Hall–Kier alpha value is -1.60. The normalized spacial score (nSPS) is 12.1. The lowest BCUT2D eigenvalue weighted by atomic mass is 9.89. The lowest BCUT2D eigenvalue weighted by Gasteiger charge is -2.15. The molecule has 1 nitrogen and oxygen atoms in total. The maximum Gasteiger partial charge on any atom is 0.170 e. The summed E-state index contributed by atoms with van der Waals surface area (Å²) in [7, 11) is 0. The van der Waals surface area contributed by atoms with Crippen LogP contribution in [0.2, 0.25) is 0 Å². The Morgan fingerprint density at radius 2 is 1.50 bits per heavy atom. The van der Waals surface area contributed by atoms with E-state index < -0.39 is 0 Å². The van der Waals surface area contributed by atoms with Gasteiger partial charge in [-0.25, -0.2) is 0 Å². The van der Waals surface area contributed by atoms with E-state index in [1.807, 2.05) is 60.7 Å². The number of Topliss-reactive ketones (excluding diaryl/α,β-unsaturated/α-hetero) is 1. The van der Waals surface area contributed by atoms with Crippen molar-refractivity contribution in [1.82, 2.24) is 0 Å². The number of rotatable bonds is 5. The molecular weight excluding hydrogens is 244 g/mol. The van der Waals surface area contributed by atoms with Crippen LogP contribution in [-0.2, 0) is 0 Å². The van der Waals surface area contributed by atoms with Gasteiger partial charge >= 0.3 is 0 Å². The van der Waals surface area contributed by atoms with Crippen LogP contribution in [0.5, 0.6) is 0 Å². The molecule has 0 amide bonds. The van der Waals surface area contributed by atoms with Gasteiger partial charge in [-0.15, -0.1) is 11.6 Å². The van der Waals surface area contributed by atoms with Crippen molar-refractivity contribution >= 4 is 17.4 Å². The first-order chi connectivity index (χ1) is 8.83. The second-order valence-electron chi connectivity index (χ2n) is 4.17. The number of hydrogen-bond donors (Lipinski definition) is 0. The fourth-order valence-electron chi connectivity index (χ4n) is 2.05. The Bertz CT molecular complexity index is 493. The number of carbonyl (C=O) groups excluding carboxylic acids is 1. The van der Waals surface area contributed by atoms with Crippen LogP contribution in [0.1, 0.15) is 28.3 Å². The van der Waals surface area contributed by atoms with Crippen LogP contribution in [0.4, 0.5) is 0 Å². The van der Waals surface area contributed by atoms with Crippen molar-refractivity contribution in [2.75, 3.05) is 5.88 Å². The molecule has 0 aliphatic heterocycles. The smallest absolute Gasteiger partial charge is 0.170 e. The van der Waals surface area contributed by atoms with Gasteiger partial charge in [0.05, 0.1) is 0 Å². The zero-order chi connectivity index (χ0) is 12.8. The summed E-state index contributed by atoms with van der Waals surface area (Å²) in [5, 5.41) is 0. The Morgan fingerprint density at radius 1 is 0.944 bits per heavy atom. The second-order valence-corrected chi connectivity index (χ2v) is 4.55. The summed E-state index contributed by atoms with van der Waals surface area (Å²) >= 11 is 5.83. The van der Waals surface area contributed by atoms with Crippen molar-refractivity contribution in [3.63, 3.8) is 0 Å². The van der Waals surface area contributed by atoms with Gasteiger partial charge in [0.15, 0.2) is 5.78 Å². The minimum absolute atomic E-state index is 0.141. The van der Waals surface area contributed by atoms with Gasteiger partial charge < -0.3 is 0 Å². The molecule has 0 heterocycles. The molecule has 1 atom stereocenters.